The van der Waals surface area contributed by atoms with E-state index in [1.165, 1.54) is 19.3 Å². The number of alkyl halides is 3. The minimum atomic E-state index is -5.23. The van der Waals surface area contributed by atoms with Crippen LogP contribution in [0.2, 0.25) is 0 Å². The maximum atomic E-state index is 14.1. The molecule has 0 fully saturated rings. The second kappa shape index (κ2) is 8.14. The largest absolute Gasteiger partial charge is 0.496 e. The summed E-state index contributed by atoms with van der Waals surface area (Å²) in [6.45, 7) is 4.14. The van der Waals surface area contributed by atoms with E-state index < -0.39 is 28.9 Å². The van der Waals surface area contributed by atoms with E-state index in [9.17, 15) is 22.7 Å². The number of ether oxygens (including phenoxy) is 1. The highest BCUT2D eigenvalue weighted by atomic mass is 19.4. The number of rotatable bonds is 6. The highest BCUT2D eigenvalue weighted by Gasteiger charge is 2.59. The number of hydrogen-bond donors (Lipinski definition) is 1. The van der Waals surface area contributed by atoms with Gasteiger partial charge < -0.3 is 14.7 Å². The highest BCUT2D eigenvalue weighted by molar-refractivity contribution is 5.66. The summed E-state index contributed by atoms with van der Waals surface area (Å²) in [5, 5.41) is 10.7. The maximum absolute atomic E-state index is 14.1. The van der Waals surface area contributed by atoms with Crippen LogP contribution in [0.25, 0.3) is 0 Å². The summed E-state index contributed by atoms with van der Waals surface area (Å²) in [5.41, 5.74) is -4.60. The Labute approximate surface area is 160 Å². The van der Waals surface area contributed by atoms with Crippen molar-refractivity contribution in [2.45, 2.75) is 25.6 Å². The van der Waals surface area contributed by atoms with Gasteiger partial charge in [-0.15, -0.1) is 0 Å². The predicted molar refractivity (Wildman–Crippen MR) is 97.4 cm³/mol. The first-order chi connectivity index (χ1) is 13.1. The maximum Gasteiger partial charge on any atom is 0.426 e. The van der Waals surface area contributed by atoms with Crippen molar-refractivity contribution in [3.05, 3.63) is 53.1 Å². The average molecular weight is 399 g/mol. The molecule has 0 saturated carbocycles. The van der Waals surface area contributed by atoms with Crippen LogP contribution >= 0.6 is 0 Å². The van der Waals surface area contributed by atoms with E-state index in [-0.39, 0.29) is 5.75 Å². The zero-order valence-electron chi connectivity index (χ0n) is 15.9. The summed E-state index contributed by atoms with van der Waals surface area (Å²) in [6, 6.07) is 4.33. The lowest BCUT2D eigenvalue weighted by molar-refractivity contribution is -0.249. The zero-order valence-corrected chi connectivity index (χ0v) is 15.9. The fourth-order valence-corrected chi connectivity index (χ4v) is 2.62. The second-order valence-corrected chi connectivity index (χ2v) is 6.21. The molecule has 1 unspecified atom stereocenters. The Hall–Kier alpha value is -2.68. The van der Waals surface area contributed by atoms with Gasteiger partial charge in [0.2, 0.25) is 11.5 Å². The van der Waals surface area contributed by atoms with Crippen LogP contribution in [0.1, 0.15) is 23.6 Å². The van der Waals surface area contributed by atoms with Crippen molar-refractivity contribution in [3.8, 4) is 5.75 Å². The van der Waals surface area contributed by atoms with Gasteiger partial charge in [-0.05, 0) is 37.6 Å². The minimum absolute atomic E-state index is 0.278. The number of benzene rings is 1. The molecule has 0 amide bonds. The molecule has 0 bridgehead atoms. The molecule has 2 aromatic rings. The Balaban J connectivity index is 2.73. The molecule has 0 aliphatic carbocycles. The molecule has 0 radical (unpaired) electrons. The van der Waals surface area contributed by atoms with Crippen LogP contribution in [0, 0.1) is 12.9 Å². The van der Waals surface area contributed by atoms with Gasteiger partial charge in [0.25, 0.3) is 0 Å². The average Bonchev–Trinajstić information content (AvgIpc) is 2.65. The first-order valence-corrected chi connectivity index (χ1v) is 8.39. The van der Waals surface area contributed by atoms with Gasteiger partial charge >= 0.3 is 6.18 Å². The first kappa shape index (κ1) is 21.6. The fraction of sp³-hybridized carbons (Fsp3) is 0.368. The van der Waals surface area contributed by atoms with E-state index in [1.54, 1.807) is 11.9 Å². The molecule has 28 heavy (non-hydrogen) atoms. The van der Waals surface area contributed by atoms with E-state index in [4.69, 9.17) is 4.74 Å². The number of halogens is 4. The molecule has 1 heterocycles. The summed E-state index contributed by atoms with van der Waals surface area (Å²) in [7, 11) is 2.95. The predicted octanol–water partition coefficient (Wildman–Crippen LogP) is 3.95. The third kappa shape index (κ3) is 3.94. The second-order valence-electron chi connectivity index (χ2n) is 6.21. The van der Waals surface area contributed by atoms with Crippen molar-refractivity contribution in [1.82, 2.24) is 9.88 Å². The molecule has 1 aromatic heterocycles. The van der Waals surface area contributed by atoms with E-state index in [0.29, 0.717) is 17.8 Å². The molecule has 0 aliphatic rings. The Kier molecular flexibility index (Phi) is 6.28. The van der Waals surface area contributed by atoms with Crippen LogP contribution < -0.4 is 4.74 Å². The first-order valence-electron chi connectivity index (χ1n) is 8.39. The van der Waals surface area contributed by atoms with Crippen LogP contribution in [-0.2, 0) is 5.60 Å². The van der Waals surface area contributed by atoms with E-state index in [2.05, 4.69) is 9.98 Å². The molecule has 0 saturated heterocycles. The normalized spacial score (nSPS) is 14.2. The lowest BCUT2D eigenvalue weighted by Crippen LogP contribution is -2.44. The van der Waals surface area contributed by atoms with Crippen LogP contribution in [-0.4, -0.2) is 48.2 Å². The molecule has 0 spiro atoms. The van der Waals surface area contributed by atoms with Gasteiger partial charge in [0, 0.05) is 31.4 Å². The molecular formula is C19H21F4N3O2. The van der Waals surface area contributed by atoms with Crippen LogP contribution in [0.3, 0.4) is 0 Å². The van der Waals surface area contributed by atoms with Crippen LogP contribution in [0.5, 0.6) is 5.75 Å². The number of aliphatic imine (C=N–C) groups is 1. The Morgan fingerprint density at radius 1 is 1.29 bits per heavy atom. The van der Waals surface area contributed by atoms with E-state index in [0.717, 1.165) is 31.5 Å². The smallest absolute Gasteiger partial charge is 0.426 e. The van der Waals surface area contributed by atoms with Crippen molar-refractivity contribution in [1.29, 1.82) is 0 Å². The number of aryl methyl sites for hydroxylation is 1. The SMILES string of the molecule is CCN(C)/C=N/c1cc(OC)c(C(O)(c2cccnc2F)C(F)(F)F)cc1C. The molecule has 1 aromatic carbocycles. The summed E-state index contributed by atoms with van der Waals surface area (Å²) < 4.78 is 61.1. The minimum Gasteiger partial charge on any atom is -0.496 e. The van der Waals surface area contributed by atoms with Gasteiger partial charge in [0.15, 0.2) is 0 Å². The van der Waals surface area contributed by atoms with E-state index in [1.807, 2.05) is 6.92 Å². The number of methoxy groups -OCH3 is 1. The molecule has 9 heteroatoms. The third-order valence-electron chi connectivity index (χ3n) is 4.36. The molecule has 1 N–H and O–H groups in total. The van der Waals surface area contributed by atoms with E-state index >= 15 is 0 Å². The van der Waals surface area contributed by atoms with Gasteiger partial charge in [-0.2, -0.15) is 17.6 Å². The Morgan fingerprint density at radius 3 is 2.50 bits per heavy atom. The van der Waals surface area contributed by atoms with Gasteiger partial charge in [-0.1, -0.05) is 0 Å². The van der Waals surface area contributed by atoms with Crippen molar-refractivity contribution in [3.63, 3.8) is 0 Å². The summed E-state index contributed by atoms with van der Waals surface area (Å²) in [5.74, 6) is -1.70. The third-order valence-corrected chi connectivity index (χ3v) is 4.36. The molecule has 0 aliphatic heterocycles. The quantitative estimate of drug-likeness (QED) is 0.346. The zero-order chi connectivity index (χ0) is 21.1. The van der Waals surface area contributed by atoms with Gasteiger partial charge in [0.05, 0.1) is 24.7 Å². The summed E-state index contributed by atoms with van der Waals surface area (Å²) >= 11 is 0. The summed E-state index contributed by atoms with van der Waals surface area (Å²) in [6.07, 6.45) is -2.71. The highest BCUT2D eigenvalue weighted by Crippen LogP contribution is 2.49. The molecular weight excluding hydrogens is 378 g/mol. The van der Waals surface area contributed by atoms with Crippen molar-refractivity contribution >= 4 is 12.0 Å². The Bertz CT molecular complexity index is 871. The molecule has 1 atom stereocenters. The molecule has 2 rings (SSSR count). The van der Waals surface area contributed by atoms with Crippen molar-refractivity contribution in [2.75, 3.05) is 20.7 Å². The Morgan fingerprint density at radius 2 is 1.96 bits per heavy atom. The number of nitrogens with zero attached hydrogens (tertiary/aromatic N) is 3. The number of aromatic nitrogens is 1. The summed E-state index contributed by atoms with van der Waals surface area (Å²) in [4.78, 5) is 9.25. The molecule has 5 nitrogen and oxygen atoms in total. The molecule has 152 valence electrons. The van der Waals surface area contributed by atoms with Crippen molar-refractivity contribution in [2.24, 2.45) is 4.99 Å². The fourth-order valence-electron chi connectivity index (χ4n) is 2.62. The standard InChI is InChI=1S/C19H21F4N3O2/c1-5-26(3)11-25-15-10-16(28-4)14(9-12(15)2)18(27,19(21,22)23)13-7-6-8-24-17(13)20/h6-11,27H,5H2,1-4H3/b25-11+. The number of hydrogen-bond acceptors (Lipinski definition) is 4. The van der Waals surface area contributed by atoms with Crippen molar-refractivity contribution < 1.29 is 27.4 Å². The van der Waals surface area contributed by atoms with Gasteiger partial charge in [-0.25, -0.2) is 9.98 Å². The monoisotopic (exact) mass is 399 g/mol. The lowest BCUT2D eigenvalue weighted by Gasteiger charge is -2.32. The topological polar surface area (TPSA) is 58.0 Å². The van der Waals surface area contributed by atoms with Crippen LogP contribution in [0.4, 0.5) is 23.2 Å². The van der Waals surface area contributed by atoms with Crippen LogP contribution in [0.15, 0.2) is 35.5 Å². The lowest BCUT2D eigenvalue weighted by atomic mass is 9.84. The van der Waals surface area contributed by atoms with Gasteiger partial charge in [-0.3, -0.25) is 0 Å². The number of aliphatic hydroxyl groups is 1. The number of pyridine rings is 1. The van der Waals surface area contributed by atoms with Gasteiger partial charge in [0.1, 0.15) is 5.75 Å².